The van der Waals surface area contributed by atoms with Gasteiger partial charge in [-0.3, -0.25) is 14.5 Å². The van der Waals surface area contributed by atoms with Crippen LogP contribution in [0.3, 0.4) is 0 Å². The maximum Gasteiger partial charge on any atom is 0.252 e. The van der Waals surface area contributed by atoms with Crippen molar-refractivity contribution in [3.63, 3.8) is 0 Å². The Hall–Kier alpha value is -1.68. The molecule has 0 aromatic heterocycles. The Kier molecular flexibility index (Phi) is 2.52. The molecule has 4 heteroatoms. The van der Waals surface area contributed by atoms with Crippen LogP contribution in [-0.4, -0.2) is 43.8 Å². The van der Waals surface area contributed by atoms with E-state index >= 15 is 0 Å². The molecule has 1 atom stereocenters. The van der Waals surface area contributed by atoms with E-state index in [0.29, 0.717) is 11.3 Å². The van der Waals surface area contributed by atoms with Gasteiger partial charge in [-0.15, -0.1) is 0 Å². The molecule has 1 aromatic rings. The van der Waals surface area contributed by atoms with Gasteiger partial charge in [0.15, 0.2) is 11.8 Å². The van der Waals surface area contributed by atoms with Crippen molar-refractivity contribution in [2.45, 2.75) is 6.04 Å². The zero-order chi connectivity index (χ0) is 11.9. The molecule has 0 aliphatic carbocycles. The number of Topliss-reactive ketones (excluding diaryl/α,β-unsaturated/α-hetero) is 1. The maximum atomic E-state index is 12.1. The van der Waals surface area contributed by atoms with Gasteiger partial charge in [-0.05, 0) is 26.2 Å². The maximum absolute atomic E-state index is 12.1. The van der Waals surface area contributed by atoms with Crippen molar-refractivity contribution in [3.8, 4) is 0 Å². The normalized spacial score (nSPS) is 20.2. The highest BCUT2D eigenvalue weighted by Gasteiger charge is 2.38. The minimum absolute atomic E-state index is 0.122. The minimum Gasteiger partial charge on any atom is -0.313 e. The first-order valence-electron chi connectivity index (χ1n) is 5.11. The third-order valence-corrected chi connectivity index (χ3v) is 2.86. The predicted molar refractivity (Wildman–Crippen MR) is 61.7 cm³/mol. The Bertz CT molecular complexity index is 454. The SMILES string of the molecule is CN1C(=O)C(N(C)C)C(=O)c2ccccc21. The van der Waals surface area contributed by atoms with Gasteiger partial charge >= 0.3 is 0 Å². The molecule has 0 spiro atoms. The summed E-state index contributed by atoms with van der Waals surface area (Å²) in [5, 5.41) is 0. The van der Waals surface area contributed by atoms with Crippen LogP contribution in [0.25, 0.3) is 0 Å². The molecule has 1 heterocycles. The number of benzene rings is 1. The van der Waals surface area contributed by atoms with Crippen LogP contribution < -0.4 is 4.90 Å². The van der Waals surface area contributed by atoms with E-state index in [4.69, 9.17) is 0 Å². The van der Waals surface area contributed by atoms with Crippen LogP contribution in [0.4, 0.5) is 5.69 Å². The fraction of sp³-hybridized carbons (Fsp3) is 0.333. The van der Waals surface area contributed by atoms with Crippen LogP contribution in [0.15, 0.2) is 24.3 Å². The molecule has 84 valence electrons. The summed E-state index contributed by atoms with van der Waals surface area (Å²) in [5.41, 5.74) is 1.30. The van der Waals surface area contributed by atoms with E-state index in [1.165, 1.54) is 0 Å². The van der Waals surface area contributed by atoms with Gasteiger partial charge in [0.25, 0.3) is 5.91 Å². The standard InChI is InChI=1S/C12H14N2O2/c1-13(2)10-11(15)8-6-4-5-7-9(8)14(3)12(10)16/h4-7,10H,1-3H3. The van der Waals surface area contributed by atoms with Crippen molar-refractivity contribution in [1.82, 2.24) is 4.90 Å². The summed E-state index contributed by atoms with van der Waals surface area (Å²) >= 11 is 0. The number of carbonyl (C=O) groups excluding carboxylic acids is 2. The molecule has 1 unspecified atom stereocenters. The van der Waals surface area contributed by atoms with Gasteiger partial charge < -0.3 is 4.90 Å². The number of anilines is 1. The summed E-state index contributed by atoms with van der Waals surface area (Å²) in [6.07, 6.45) is 0. The van der Waals surface area contributed by atoms with E-state index in [2.05, 4.69) is 0 Å². The lowest BCUT2D eigenvalue weighted by molar-refractivity contribution is -0.121. The zero-order valence-corrected chi connectivity index (χ0v) is 9.60. The van der Waals surface area contributed by atoms with Crippen molar-refractivity contribution in [1.29, 1.82) is 0 Å². The largest absolute Gasteiger partial charge is 0.313 e. The second-order valence-corrected chi connectivity index (χ2v) is 4.14. The molecule has 1 amide bonds. The highest BCUT2D eigenvalue weighted by molar-refractivity contribution is 6.24. The van der Waals surface area contributed by atoms with Gasteiger partial charge in [-0.2, -0.15) is 0 Å². The number of rotatable bonds is 1. The first kappa shape index (κ1) is 10.8. The molecule has 0 saturated heterocycles. The molecule has 2 rings (SSSR count). The fourth-order valence-electron chi connectivity index (χ4n) is 1.99. The van der Waals surface area contributed by atoms with E-state index in [1.807, 2.05) is 12.1 Å². The second-order valence-electron chi connectivity index (χ2n) is 4.14. The van der Waals surface area contributed by atoms with E-state index in [1.54, 1.807) is 43.1 Å². The number of amides is 1. The first-order valence-corrected chi connectivity index (χ1v) is 5.11. The van der Waals surface area contributed by atoms with Gasteiger partial charge in [-0.25, -0.2) is 0 Å². The highest BCUT2D eigenvalue weighted by Crippen LogP contribution is 2.27. The van der Waals surface area contributed by atoms with Gasteiger partial charge in [0, 0.05) is 12.6 Å². The zero-order valence-electron chi connectivity index (χ0n) is 9.60. The Morgan fingerprint density at radius 1 is 1.19 bits per heavy atom. The van der Waals surface area contributed by atoms with Crippen LogP contribution >= 0.6 is 0 Å². The van der Waals surface area contributed by atoms with Crippen molar-refractivity contribution < 1.29 is 9.59 Å². The van der Waals surface area contributed by atoms with Gasteiger partial charge in [0.05, 0.1) is 5.69 Å². The van der Waals surface area contributed by atoms with Crippen molar-refractivity contribution in [2.24, 2.45) is 0 Å². The molecule has 1 aliphatic heterocycles. The molecule has 1 aromatic carbocycles. The van der Waals surface area contributed by atoms with Gasteiger partial charge in [-0.1, -0.05) is 12.1 Å². The second kappa shape index (κ2) is 3.72. The molecule has 16 heavy (non-hydrogen) atoms. The molecule has 0 fully saturated rings. The topological polar surface area (TPSA) is 40.6 Å². The van der Waals surface area contributed by atoms with E-state index < -0.39 is 6.04 Å². The molecule has 0 radical (unpaired) electrons. The predicted octanol–water partition coefficient (Wildman–Crippen LogP) is 0.776. The number of nitrogens with zero attached hydrogens (tertiary/aromatic N) is 2. The van der Waals surface area contributed by atoms with Crippen molar-refractivity contribution in [2.75, 3.05) is 26.0 Å². The summed E-state index contributed by atoms with van der Waals surface area (Å²) in [6, 6.07) is 6.49. The molecule has 0 saturated carbocycles. The summed E-state index contributed by atoms with van der Waals surface area (Å²) in [5.74, 6) is -0.294. The van der Waals surface area contributed by atoms with Crippen molar-refractivity contribution >= 4 is 17.4 Å². The van der Waals surface area contributed by atoms with Crippen LogP contribution in [0, 0.1) is 0 Å². The number of hydrogen-bond donors (Lipinski definition) is 0. The van der Waals surface area contributed by atoms with Crippen molar-refractivity contribution in [3.05, 3.63) is 29.8 Å². The number of likely N-dealkylation sites (N-methyl/N-ethyl adjacent to an activating group) is 2. The van der Waals surface area contributed by atoms with Crippen LogP contribution in [0.1, 0.15) is 10.4 Å². The Labute approximate surface area is 94.5 Å². The minimum atomic E-state index is -0.695. The van der Waals surface area contributed by atoms with Crippen LogP contribution in [0.2, 0.25) is 0 Å². The summed E-state index contributed by atoms with van der Waals surface area (Å²) in [4.78, 5) is 27.3. The Balaban J connectivity index is 2.56. The average Bonchev–Trinajstić information content (AvgIpc) is 2.26. The lowest BCUT2D eigenvalue weighted by atomic mass is 9.95. The molecule has 1 aliphatic rings. The van der Waals surface area contributed by atoms with E-state index in [-0.39, 0.29) is 11.7 Å². The molecular weight excluding hydrogens is 204 g/mol. The van der Waals surface area contributed by atoms with Crippen LogP contribution in [0.5, 0.6) is 0 Å². The number of para-hydroxylation sites is 1. The lowest BCUT2D eigenvalue weighted by Crippen LogP contribution is -2.53. The molecule has 0 N–H and O–H groups in total. The average molecular weight is 218 g/mol. The number of hydrogen-bond acceptors (Lipinski definition) is 3. The third kappa shape index (κ3) is 1.42. The summed E-state index contributed by atoms with van der Waals surface area (Å²) in [7, 11) is 5.18. The summed E-state index contributed by atoms with van der Waals surface area (Å²) in [6.45, 7) is 0. The van der Waals surface area contributed by atoms with Crippen LogP contribution in [-0.2, 0) is 4.79 Å². The fourth-order valence-corrected chi connectivity index (χ4v) is 1.99. The lowest BCUT2D eigenvalue weighted by Gasteiger charge is -2.33. The number of ketones is 1. The molecular formula is C12H14N2O2. The number of fused-ring (bicyclic) bond motifs is 1. The quantitative estimate of drug-likeness (QED) is 0.654. The highest BCUT2D eigenvalue weighted by atomic mass is 16.2. The monoisotopic (exact) mass is 218 g/mol. The van der Waals surface area contributed by atoms with E-state index in [0.717, 1.165) is 0 Å². The summed E-state index contributed by atoms with van der Waals surface area (Å²) < 4.78 is 0. The number of carbonyl (C=O) groups is 2. The Morgan fingerprint density at radius 2 is 1.81 bits per heavy atom. The van der Waals surface area contributed by atoms with Gasteiger partial charge in [0.2, 0.25) is 0 Å². The first-order chi connectivity index (χ1) is 7.54. The molecule has 0 bridgehead atoms. The molecule has 4 nitrogen and oxygen atoms in total. The smallest absolute Gasteiger partial charge is 0.252 e. The van der Waals surface area contributed by atoms with Gasteiger partial charge in [0.1, 0.15) is 0 Å². The Morgan fingerprint density at radius 3 is 2.44 bits per heavy atom. The third-order valence-electron chi connectivity index (χ3n) is 2.86. The van der Waals surface area contributed by atoms with E-state index in [9.17, 15) is 9.59 Å².